The summed E-state index contributed by atoms with van der Waals surface area (Å²) in [7, 11) is 0. The van der Waals surface area contributed by atoms with Crippen molar-refractivity contribution < 1.29 is 20.2 Å². The van der Waals surface area contributed by atoms with Crippen LogP contribution in [0.1, 0.15) is 5.56 Å². The monoisotopic (exact) mass is 303 g/mol. The molecular formula is C13H9N3O6. The fraction of sp³-hybridized carbons (Fsp3) is 0. The lowest BCUT2D eigenvalue weighted by Crippen LogP contribution is -2.02. The molecule has 0 aliphatic carbocycles. The number of rotatable bonds is 4. The van der Waals surface area contributed by atoms with E-state index in [2.05, 4.69) is 5.16 Å². The molecule has 0 spiro atoms. The Hall–Kier alpha value is -3.49. The van der Waals surface area contributed by atoms with Crippen molar-refractivity contribution in [2.45, 2.75) is 0 Å². The number of benzene rings is 2. The first-order chi connectivity index (χ1) is 10.5. The SMILES string of the molecule is O=[N+]([O-])c1c(O)cc(C=NO)c(-c2ccccc2)c1[N+](=O)[O-]. The van der Waals surface area contributed by atoms with E-state index in [0.29, 0.717) is 5.56 Å². The van der Waals surface area contributed by atoms with Gasteiger partial charge in [-0.3, -0.25) is 20.2 Å². The highest BCUT2D eigenvalue weighted by molar-refractivity contribution is 5.97. The maximum atomic E-state index is 11.3. The summed E-state index contributed by atoms with van der Waals surface area (Å²) in [4.78, 5) is 20.4. The van der Waals surface area contributed by atoms with Crippen molar-refractivity contribution in [3.63, 3.8) is 0 Å². The minimum absolute atomic E-state index is 0.0245. The molecule has 0 heterocycles. The molecule has 0 aliphatic rings. The van der Waals surface area contributed by atoms with Gasteiger partial charge in [-0.1, -0.05) is 35.5 Å². The lowest BCUT2D eigenvalue weighted by Gasteiger charge is -2.08. The smallest absolute Gasteiger partial charge is 0.387 e. The fourth-order valence-electron chi connectivity index (χ4n) is 2.09. The summed E-state index contributed by atoms with van der Waals surface area (Å²) in [6.45, 7) is 0. The molecule has 0 aromatic heterocycles. The third-order valence-electron chi connectivity index (χ3n) is 2.91. The van der Waals surface area contributed by atoms with Gasteiger partial charge in [0, 0.05) is 5.56 Å². The molecular weight excluding hydrogens is 294 g/mol. The van der Waals surface area contributed by atoms with Gasteiger partial charge in [-0.05, 0) is 11.6 Å². The van der Waals surface area contributed by atoms with Crippen molar-refractivity contribution in [1.82, 2.24) is 0 Å². The number of nitro groups is 2. The largest absolute Gasteiger partial charge is 0.502 e. The second kappa shape index (κ2) is 5.87. The minimum atomic E-state index is -1.03. The second-order valence-corrected chi connectivity index (χ2v) is 4.18. The Morgan fingerprint density at radius 2 is 1.64 bits per heavy atom. The van der Waals surface area contributed by atoms with Crippen LogP contribution in [0.2, 0.25) is 0 Å². The third-order valence-corrected chi connectivity index (χ3v) is 2.91. The van der Waals surface area contributed by atoms with Crippen molar-refractivity contribution in [2.75, 3.05) is 0 Å². The zero-order valence-electron chi connectivity index (χ0n) is 10.9. The van der Waals surface area contributed by atoms with E-state index in [0.717, 1.165) is 12.3 Å². The third kappa shape index (κ3) is 2.54. The van der Waals surface area contributed by atoms with E-state index < -0.39 is 27.0 Å². The van der Waals surface area contributed by atoms with Crippen LogP contribution in [0.25, 0.3) is 11.1 Å². The molecule has 0 bridgehead atoms. The molecule has 2 aromatic carbocycles. The highest BCUT2D eigenvalue weighted by atomic mass is 16.6. The van der Waals surface area contributed by atoms with Gasteiger partial charge < -0.3 is 10.3 Å². The molecule has 9 heteroatoms. The summed E-state index contributed by atoms with van der Waals surface area (Å²) in [5, 5.41) is 43.5. The van der Waals surface area contributed by atoms with E-state index in [9.17, 15) is 25.3 Å². The average Bonchev–Trinajstić information content (AvgIpc) is 2.47. The Bertz CT molecular complexity index is 773. The predicted octanol–water partition coefficient (Wildman–Crippen LogP) is 2.68. The molecule has 0 fully saturated rings. The lowest BCUT2D eigenvalue weighted by molar-refractivity contribution is -0.422. The van der Waals surface area contributed by atoms with Crippen LogP contribution >= 0.6 is 0 Å². The van der Waals surface area contributed by atoms with Gasteiger partial charge in [0.1, 0.15) is 0 Å². The molecule has 0 saturated heterocycles. The lowest BCUT2D eigenvalue weighted by atomic mass is 9.96. The van der Waals surface area contributed by atoms with Crippen LogP contribution in [0, 0.1) is 20.2 Å². The van der Waals surface area contributed by atoms with Crippen molar-refractivity contribution in [3.8, 4) is 16.9 Å². The van der Waals surface area contributed by atoms with Crippen molar-refractivity contribution >= 4 is 17.6 Å². The van der Waals surface area contributed by atoms with E-state index in [1.54, 1.807) is 18.2 Å². The van der Waals surface area contributed by atoms with E-state index >= 15 is 0 Å². The molecule has 0 unspecified atom stereocenters. The number of phenols is 1. The summed E-state index contributed by atoms with van der Waals surface area (Å²) < 4.78 is 0. The Labute approximate surface area is 123 Å². The van der Waals surface area contributed by atoms with E-state index in [4.69, 9.17) is 5.21 Å². The van der Waals surface area contributed by atoms with Crippen LogP contribution in [0.15, 0.2) is 41.6 Å². The summed E-state index contributed by atoms with van der Waals surface area (Å²) in [6, 6.07) is 8.82. The van der Waals surface area contributed by atoms with Crippen molar-refractivity contribution in [3.05, 3.63) is 62.2 Å². The maximum Gasteiger partial charge on any atom is 0.387 e. The van der Waals surface area contributed by atoms with Gasteiger partial charge in [0.2, 0.25) is 5.75 Å². The van der Waals surface area contributed by atoms with Gasteiger partial charge in [-0.25, -0.2) is 0 Å². The summed E-state index contributed by atoms with van der Waals surface area (Å²) in [6.07, 6.45) is 0.860. The van der Waals surface area contributed by atoms with Gasteiger partial charge >= 0.3 is 11.4 Å². The molecule has 2 N–H and O–H groups in total. The zero-order valence-corrected chi connectivity index (χ0v) is 10.9. The molecule has 2 rings (SSSR count). The fourth-order valence-corrected chi connectivity index (χ4v) is 2.09. The molecule has 0 saturated carbocycles. The number of nitro benzene ring substituents is 2. The van der Waals surface area contributed by atoms with Gasteiger partial charge in [-0.2, -0.15) is 0 Å². The average molecular weight is 303 g/mol. The first-order valence-electron chi connectivity index (χ1n) is 5.89. The molecule has 9 nitrogen and oxygen atoms in total. The van der Waals surface area contributed by atoms with Gasteiger partial charge in [0.25, 0.3) is 0 Å². The van der Waals surface area contributed by atoms with Crippen LogP contribution in [0.3, 0.4) is 0 Å². The van der Waals surface area contributed by atoms with Crippen LogP contribution in [0.5, 0.6) is 5.75 Å². The molecule has 112 valence electrons. The predicted molar refractivity (Wildman–Crippen MR) is 76.2 cm³/mol. The quantitative estimate of drug-likeness (QED) is 0.385. The Balaban J connectivity index is 2.97. The van der Waals surface area contributed by atoms with E-state index in [1.807, 2.05) is 0 Å². The van der Waals surface area contributed by atoms with E-state index in [-0.39, 0.29) is 11.1 Å². The number of oxime groups is 1. The molecule has 0 amide bonds. The van der Waals surface area contributed by atoms with Gasteiger partial charge in [0.05, 0.1) is 21.6 Å². The molecule has 2 aromatic rings. The number of aromatic hydroxyl groups is 1. The highest BCUT2D eigenvalue weighted by Crippen LogP contribution is 2.45. The Morgan fingerprint density at radius 3 is 2.14 bits per heavy atom. The molecule has 0 radical (unpaired) electrons. The topological polar surface area (TPSA) is 139 Å². The van der Waals surface area contributed by atoms with E-state index in [1.165, 1.54) is 12.1 Å². The minimum Gasteiger partial charge on any atom is -0.502 e. The van der Waals surface area contributed by atoms with Gasteiger partial charge in [-0.15, -0.1) is 0 Å². The van der Waals surface area contributed by atoms with Crippen LogP contribution in [-0.4, -0.2) is 26.4 Å². The molecule has 0 atom stereocenters. The van der Waals surface area contributed by atoms with Crippen LogP contribution < -0.4 is 0 Å². The zero-order chi connectivity index (χ0) is 16.3. The van der Waals surface area contributed by atoms with Crippen LogP contribution in [-0.2, 0) is 0 Å². The maximum absolute atomic E-state index is 11.3. The normalized spacial score (nSPS) is 10.7. The van der Waals surface area contributed by atoms with Crippen molar-refractivity contribution in [1.29, 1.82) is 0 Å². The summed E-state index contributed by atoms with van der Waals surface area (Å²) in [5.74, 6) is -0.883. The second-order valence-electron chi connectivity index (χ2n) is 4.18. The summed E-state index contributed by atoms with van der Waals surface area (Å²) >= 11 is 0. The molecule has 22 heavy (non-hydrogen) atoms. The Morgan fingerprint density at radius 1 is 1.05 bits per heavy atom. The first kappa shape index (κ1) is 14.9. The highest BCUT2D eigenvalue weighted by Gasteiger charge is 2.35. The standard InChI is InChI=1S/C13H9N3O6/c17-10-6-9(7-14-18)11(8-4-2-1-3-5-8)13(16(21)22)12(10)15(19)20/h1-7,17-18H. The Kier molecular flexibility index (Phi) is 3.98. The van der Waals surface area contributed by atoms with Crippen molar-refractivity contribution in [2.24, 2.45) is 5.16 Å². The number of phenolic OH excluding ortho intramolecular Hbond substituents is 1. The van der Waals surface area contributed by atoms with Gasteiger partial charge in [0.15, 0.2) is 0 Å². The number of hydrogen-bond acceptors (Lipinski definition) is 7. The van der Waals surface area contributed by atoms with Crippen LogP contribution in [0.4, 0.5) is 11.4 Å². The summed E-state index contributed by atoms with van der Waals surface area (Å²) in [5.41, 5.74) is -1.71. The number of nitrogens with zero attached hydrogens (tertiary/aromatic N) is 3. The number of hydrogen-bond donors (Lipinski definition) is 2. The first-order valence-corrected chi connectivity index (χ1v) is 5.89. The molecule has 0 aliphatic heterocycles.